The predicted octanol–water partition coefficient (Wildman–Crippen LogP) is 0.979. The van der Waals surface area contributed by atoms with Crippen molar-refractivity contribution in [3.8, 4) is 0 Å². The molecule has 96 valence electrons. The molecule has 17 heavy (non-hydrogen) atoms. The first-order valence-corrected chi connectivity index (χ1v) is 6.34. The molecule has 5 heteroatoms. The van der Waals surface area contributed by atoms with E-state index in [9.17, 15) is 0 Å². The number of fused-ring (bicyclic) bond motifs is 1. The van der Waals surface area contributed by atoms with E-state index < -0.39 is 0 Å². The molecule has 1 N–H and O–H groups in total. The molecule has 0 amide bonds. The van der Waals surface area contributed by atoms with Crippen molar-refractivity contribution in [1.82, 2.24) is 20.3 Å². The van der Waals surface area contributed by atoms with E-state index in [1.807, 2.05) is 11.6 Å². The van der Waals surface area contributed by atoms with Crippen molar-refractivity contribution >= 4 is 0 Å². The van der Waals surface area contributed by atoms with Crippen molar-refractivity contribution in [1.29, 1.82) is 0 Å². The van der Waals surface area contributed by atoms with Gasteiger partial charge in [-0.1, -0.05) is 19.1 Å². The fourth-order valence-corrected chi connectivity index (χ4v) is 2.06. The highest BCUT2D eigenvalue weighted by molar-refractivity contribution is 5.07. The lowest BCUT2D eigenvalue weighted by molar-refractivity contribution is 0.0935. The number of aryl methyl sites for hydroxylation is 1. The van der Waals surface area contributed by atoms with Gasteiger partial charge in [-0.15, -0.1) is 5.10 Å². The Labute approximate surface area is 103 Å². The van der Waals surface area contributed by atoms with E-state index >= 15 is 0 Å². The number of ether oxygens (including phenoxy) is 1. The third-order valence-corrected chi connectivity index (χ3v) is 3.04. The Kier molecular flexibility index (Phi) is 4.12. The fourth-order valence-electron chi connectivity index (χ4n) is 2.06. The van der Waals surface area contributed by atoms with Crippen molar-refractivity contribution in [2.75, 3.05) is 19.7 Å². The van der Waals surface area contributed by atoms with Gasteiger partial charge in [0.05, 0.1) is 24.6 Å². The third-order valence-electron chi connectivity index (χ3n) is 3.04. The van der Waals surface area contributed by atoms with Gasteiger partial charge in [0.2, 0.25) is 0 Å². The van der Waals surface area contributed by atoms with Crippen LogP contribution in [0.5, 0.6) is 0 Å². The first-order chi connectivity index (χ1) is 8.16. The highest BCUT2D eigenvalue weighted by atomic mass is 16.5. The molecule has 0 aromatic carbocycles. The van der Waals surface area contributed by atoms with E-state index in [1.54, 1.807) is 0 Å². The van der Waals surface area contributed by atoms with Crippen LogP contribution in [0, 0.1) is 18.8 Å². The molecule has 0 aliphatic carbocycles. The van der Waals surface area contributed by atoms with Crippen LogP contribution in [0.1, 0.15) is 25.2 Å². The van der Waals surface area contributed by atoms with Gasteiger partial charge in [-0.3, -0.25) is 0 Å². The average molecular weight is 238 g/mol. The van der Waals surface area contributed by atoms with Crippen LogP contribution in [-0.2, 0) is 17.9 Å². The van der Waals surface area contributed by atoms with Crippen molar-refractivity contribution in [2.24, 2.45) is 11.8 Å². The van der Waals surface area contributed by atoms with Crippen molar-refractivity contribution in [2.45, 2.75) is 33.9 Å². The number of rotatable bonds is 4. The monoisotopic (exact) mass is 238 g/mol. The molecule has 0 unspecified atom stereocenters. The Balaban J connectivity index is 1.89. The molecular formula is C12H22N4O. The van der Waals surface area contributed by atoms with E-state index in [0.717, 1.165) is 37.6 Å². The number of nitrogens with one attached hydrogen (secondary N) is 1. The summed E-state index contributed by atoms with van der Waals surface area (Å²) >= 11 is 0. The molecule has 0 fully saturated rings. The molecule has 1 aliphatic heterocycles. The van der Waals surface area contributed by atoms with E-state index in [1.165, 1.54) is 0 Å². The van der Waals surface area contributed by atoms with Crippen LogP contribution in [0.15, 0.2) is 0 Å². The summed E-state index contributed by atoms with van der Waals surface area (Å²) in [6, 6.07) is 0. The van der Waals surface area contributed by atoms with Crippen molar-refractivity contribution in [3.05, 3.63) is 11.4 Å². The zero-order valence-corrected chi connectivity index (χ0v) is 10.9. The highest BCUT2D eigenvalue weighted by Crippen LogP contribution is 2.14. The van der Waals surface area contributed by atoms with Gasteiger partial charge in [-0.05, 0) is 19.4 Å². The minimum absolute atomic E-state index is 0.482. The number of hydrogen-bond donors (Lipinski definition) is 1. The number of aromatic nitrogens is 3. The summed E-state index contributed by atoms with van der Waals surface area (Å²) < 4.78 is 7.68. The molecule has 5 nitrogen and oxygen atoms in total. The molecule has 2 rings (SSSR count). The molecule has 0 radical (unpaired) electrons. The van der Waals surface area contributed by atoms with Gasteiger partial charge in [-0.2, -0.15) is 0 Å². The average Bonchev–Trinajstić information content (AvgIpc) is 2.50. The number of nitrogens with zero attached hydrogens (tertiary/aromatic N) is 3. The first kappa shape index (κ1) is 12.5. The predicted molar refractivity (Wildman–Crippen MR) is 65.6 cm³/mol. The van der Waals surface area contributed by atoms with Crippen LogP contribution in [0.3, 0.4) is 0 Å². The maximum absolute atomic E-state index is 5.69. The van der Waals surface area contributed by atoms with E-state index in [4.69, 9.17) is 4.74 Å². The largest absolute Gasteiger partial charge is 0.375 e. The lowest BCUT2D eigenvalue weighted by Crippen LogP contribution is -2.30. The third kappa shape index (κ3) is 3.26. The van der Waals surface area contributed by atoms with Gasteiger partial charge < -0.3 is 10.1 Å². The number of hydrogen-bond acceptors (Lipinski definition) is 4. The van der Waals surface area contributed by atoms with Gasteiger partial charge in [-0.25, -0.2) is 4.68 Å². The second-order valence-corrected chi connectivity index (χ2v) is 5.24. The molecule has 1 aliphatic rings. The molecular weight excluding hydrogens is 216 g/mol. The topological polar surface area (TPSA) is 52.0 Å². The summed E-state index contributed by atoms with van der Waals surface area (Å²) in [5, 5.41) is 11.7. The quantitative estimate of drug-likeness (QED) is 0.849. The second kappa shape index (κ2) is 5.60. The Bertz CT molecular complexity index is 361. The van der Waals surface area contributed by atoms with Gasteiger partial charge in [0.25, 0.3) is 0 Å². The van der Waals surface area contributed by atoms with E-state index in [0.29, 0.717) is 18.4 Å². The Morgan fingerprint density at radius 3 is 3.12 bits per heavy atom. The van der Waals surface area contributed by atoms with Crippen LogP contribution in [0.2, 0.25) is 0 Å². The maximum Gasteiger partial charge on any atom is 0.0904 e. The first-order valence-electron chi connectivity index (χ1n) is 6.34. The standard InChI is InChI=1S/C12H22N4O/c1-9(2)4-13-5-11-6-16-12(8-17-7-11)10(3)14-15-16/h9,11,13H,4-8H2,1-3H3/t11-/m1/s1. The van der Waals surface area contributed by atoms with Crippen molar-refractivity contribution < 1.29 is 4.74 Å². The van der Waals surface area contributed by atoms with Gasteiger partial charge in [0, 0.05) is 19.0 Å². The SMILES string of the molecule is Cc1nnn2c1COC[C@H](CNCC(C)C)C2. The van der Waals surface area contributed by atoms with Crippen molar-refractivity contribution in [3.63, 3.8) is 0 Å². The highest BCUT2D eigenvalue weighted by Gasteiger charge is 2.19. The summed E-state index contributed by atoms with van der Waals surface area (Å²) in [6.07, 6.45) is 0. The van der Waals surface area contributed by atoms with Gasteiger partial charge in [0.15, 0.2) is 0 Å². The minimum Gasteiger partial charge on any atom is -0.375 e. The van der Waals surface area contributed by atoms with Crippen LogP contribution in [0.25, 0.3) is 0 Å². The van der Waals surface area contributed by atoms with Crippen LogP contribution in [0.4, 0.5) is 0 Å². The van der Waals surface area contributed by atoms with Crippen LogP contribution < -0.4 is 5.32 Å². The minimum atomic E-state index is 0.482. The fraction of sp³-hybridized carbons (Fsp3) is 0.833. The molecule has 1 aromatic heterocycles. The summed E-state index contributed by atoms with van der Waals surface area (Å²) in [6.45, 7) is 10.8. The van der Waals surface area contributed by atoms with E-state index in [2.05, 4.69) is 29.5 Å². The molecule has 0 spiro atoms. The molecule has 2 heterocycles. The Hall–Kier alpha value is -0.940. The Morgan fingerprint density at radius 2 is 2.35 bits per heavy atom. The molecule has 0 saturated heterocycles. The van der Waals surface area contributed by atoms with Gasteiger partial charge in [0.1, 0.15) is 0 Å². The lowest BCUT2D eigenvalue weighted by Gasteiger charge is -2.15. The molecule has 1 atom stereocenters. The molecule has 0 bridgehead atoms. The van der Waals surface area contributed by atoms with Gasteiger partial charge >= 0.3 is 0 Å². The summed E-state index contributed by atoms with van der Waals surface area (Å²) in [5.41, 5.74) is 2.11. The molecule has 0 saturated carbocycles. The van der Waals surface area contributed by atoms with E-state index in [-0.39, 0.29) is 0 Å². The second-order valence-electron chi connectivity index (χ2n) is 5.24. The lowest BCUT2D eigenvalue weighted by atomic mass is 10.1. The Morgan fingerprint density at radius 1 is 1.53 bits per heavy atom. The zero-order chi connectivity index (χ0) is 12.3. The zero-order valence-electron chi connectivity index (χ0n) is 10.9. The summed E-state index contributed by atoms with van der Waals surface area (Å²) in [7, 11) is 0. The normalized spacial score (nSPS) is 20.4. The summed E-state index contributed by atoms with van der Waals surface area (Å²) in [4.78, 5) is 0. The maximum atomic E-state index is 5.69. The molecule has 1 aromatic rings. The smallest absolute Gasteiger partial charge is 0.0904 e. The van der Waals surface area contributed by atoms with Crippen LogP contribution >= 0.6 is 0 Å². The summed E-state index contributed by atoms with van der Waals surface area (Å²) in [5.74, 6) is 1.17. The van der Waals surface area contributed by atoms with Crippen LogP contribution in [-0.4, -0.2) is 34.7 Å².